The zero-order valence-electron chi connectivity index (χ0n) is 30.1. The number of ether oxygens (including phenoxy) is 2. The second-order valence-electron chi connectivity index (χ2n) is 13.5. The van der Waals surface area contributed by atoms with E-state index in [2.05, 4.69) is 22.3 Å². The zero-order chi connectivity index (χ0) is 38.0. The van der Waals surface area contributed by atoms with Crippen molar-refractivity contribution in [1.82, 2.24) is 14.9 Å². The highest BCUT2D eigenvalue weighted by atomic mass is 32.2. The number of hydrogen-bond acceptors (Lipinski definition) is 9. The summed E-state index contributed by atoms with van der Waals surface area (Å²) in [5, 5.41) is 22.3. The van der Waals surface area contributed by atoms with Crippen molar-refractivity contribution < 1.29 is 29.4 Å². The predicted molar refractivity (Wildman–Crippen MR) is 213 cm³/mol. The number of terminal acetylenes is 1. The van der Waals surface area contributed by atoms with Gasteiger partial charge in [-0.1, -0.05) is 54.5 Å². The predicted octanol–water partition coefficient (Wildman–Crippen LogP) is 8.45. The largest absolute Gasteiger partial charge is 0.480 e. The minimum absolute atomic E-state index is 0.000273. The molecule has 0 unspecified atom stereocenters. The van der Waals surface area contributed by atoms with Gasteiger partial charge in [-0.15, -0.1) is 36.5 Å². The Balaban J connectivity index is 1.10. The molecule has 4 aromatic carbocycles. The Labute approximate surface area is 325 Å². The molecule has 0 spiro atoms. The summed E-state index contributed by atoms with van der Waals surface area (Å²) in [5.41, 5.74) is 0.733. The van der Waals surface area contributed by atoms with Crippen LogP contribution < -0.4 is 9.47 Å². The summed E-state index contributed by atoms with van der Waals surface area (Å²) >= 11 is 2.83. The summed E-state index contributed by atoms with van der Waals surface area (Å²) in [6.45, 7) is 7.73. The SMILES string of the molecule is C#CCN1CCC(Sc2cccc(Oc3ccccc3)c2)(C(=O)N(O)Cc2ccc(Oc3cccc(SC4(C(=O)O)CCN(CC=C)CC4)c3)cc2)CC1. The van der Waals surface area contributed by atoms with Gasteiger partial charge in [-0.05, 0) is 91.9 Å². The van der Waals surface area contributed by atoms with Gasteiger partial charge >= 0.3 is 5.97 Å². The highest BCUT2D eigenvalue weighted by Crippen LogP contribution is 2.44. The lowest BCUT2D eigenvalue weighted by atomic mass is 9.94. The highest BCUT2D eigenvalue weighted by Gasteiger charge is 2.45. The second-order valence-corrected chi connectivity index (χ2v) is 16.5. The lowest BCUT2D eigenvalue weighted by Crippen LogP contribution is -2.52. The minimum Gasteiger partial charge on any atom is -0.480 e. The van der Waals surface area contributed by atoms with E-state index in [-0.39, 0.29) is 12.5 Å². The molecule has 2 aliphatic heterocycles. The van der Waals surface area contributed by atoms with Crippen molar-refractivity contribution in [1.29, 1.82) is 0 Å². The quantitative estimate of drug-likeness (QED) is 0.0531. The molecule has 2 N–H and O–H groups in total. The van der Waals surface area contributed by atoms with Gasteiger partial charge in [-0.3, -0.25) is 24.6 Å². The second kappa shape index (κ2) is 18.1. The number of carbonyl (C=O) groups excluding carboxylic acids is 1. The maximum absolute atomic E-state index is 14.2. The van der Waals surface area contributed by atoms with E-state index < -0.39 is 15.5 Å². The Morgan fingerprint density at radius 1 is 0.759 bits per heavy atom. The molecular formula is C43H45N3O6S2. The maximum atomic E-state index is 14.2. The van der Waals surface area contributed by atoms with E-state index in [0.717, 1.165) is 32.7 Å². The number of para-hydroxylation sites is 1. The van der Waals surface area contributed by atoms with Crippen molar-refractivity contribution in [3.05, 3.63) is 121 Å². The van der Waals surface area contributed by atoms with Crippen LogP contribution in [0.15, 0.2) is 126 Å². The Hall–Kier alpha value is -4.70. The first-order valence-electron chi connectivity index (χ1n) is 18.0. The number of carboxylic acid groups (broad SMARTS) is 1. The fraction of sp³-hybridized carbons (Fsp3) is 0.302. The molecule has 2 saturated heterocycles. The first-order valence-corrected chi connectivity index (χ1v) is 19.6. The van der Waals surface area contributed by atoms with Crippen LogP contribution in [0.1, 0.15) is 31.2 Å². The third-order valence-corrected chi connectivity index (χ3v) is 12.7. The number of rotatable bonds is 15. The van der Waals surface area contributed by atoms with Crippen molar-refractivity contribution in [3.8, 4) is 35.3 Å². The summed E-state index contributed by atoms with van der Waals surface area (Å²) in [4.78, 5) is 32.6. The molecule has 6 rings (SSSR count). The third kappa shape index (κ3) is 9.88. The fourth-order valence-electron chi connectivity index (χ4n) is 6.76. The van der Waals surface area contributed by atoms with Gasteiger partial charge in [0.05, 0.1) is 13.1 Å². The normalized spacial score (nSPS) is 16.8. The van der Waals surface area contributed by atoms with Crippen LogP contribution >= 0.6 is 23.5 Å². The molecule has 0 bridgehead atoms. The van der Waals surface area contributed by atoms with Crippen molar-refractivity contribution in [3.63, 3.8) is 0 Å². The van der Waals surface area contributed by atoms with Crippen LogP contribution in [0.5, 0.6) is 23.0 Å². The van der Waals surface area contributed by atoms with E-state index in [9.17, 15) is 19.9 Å². The first-order chi connectivity index (χ1) is 26.2. The van der Waals surface area contributed by atoms with Crippen LogP contribution in [0.3, 0.4) is 0 Å². The average Bonchev–Trinajstić information content (AvgIpc) is 3.18. The van der Waals surface area contributed by atoms with E-state index in [4.69, 9.17) is 15.9 Å². The number of likely N-dealkylation sites (tertiary alicyclic amines) is 2. The Morgan fingerprint density at radius 3 is 1.83 bits per heavy atom. The molecule has 9 nitrogen and oxygen atoms in total. The molecule has 0 aromatic heterocycles. The number of thioether (sulfide) groups is 2. The summed E-state index contributed by atoms with van der Waals surface area (Å²) in [7, 11) is 0. The molecule has 2 fully saturated rings. The molecule has 2 heterocycles. The van der Waals surface area contributed by atoms with Crippen LogP contribution in [0, 0.1) is 12.3 Å². The molecular weight excluding hydrogens is 719 g/mol. The Morgan fingerprint density at radius 2 is 1.28 bits per heavy atom. The van der Waals surface area contributed by atoms with Crippen LogP contribution in [-0.2, 0) is 16.1 Å². The molecule has 2 aliphatic rings. The number of piperidine rings is 2. The number of hydrogen-bond donors (Lipinski definition) is 2. The molecule has 54 heavy (non-hydrogen) atoms. The summed E-state index contributed by atoms with van der Waals surface area (Å²) in [6, 6.07) is 31.9. The van der Waals surface area contributed by atoms with Crippen molar-refractivity contribution in [2.45, 2.75) is 51.5 Å². The van der Waals surface area contributed by atoms with E-state index in [1.54, 1.807) is 12.1 Å². The van der Waals surface area contributed by atoms with Crippen LogP contribution in [0.2, 0.25) is 0 Å². The van der Waals surface area contributed by atoms with Gasteiger partial charge in [0.2, 0.25) is 0 Å². The van der Waals surface area contributed by atoms with Crippen molar-refractivity contribution >= 4 is 35.4 Å². The van der Waals surface area contributed by atoms with Gasteiger partial charge < -0.3 is 14.6 Å². The number of nitrogens with zero attached hydrogens (tertiary/aromatic N) is 3. The molecule has 0 aliphatic carbocycles. The molecule has 0 saturated carbocycles. The van der Waals surface area contributed by atoms with E-state index in [0.29, 0.717) is 75.7 Å². The topological polar surface area (TPSA) is 103 Å². The number of aliphatic carboxylic acids is 1. The number of amides is 1. The molecule has 11 heteroatoms. The fourth-order valence-corrected chi connectivity index (χ4v) is 9.36. The standard InChI is InChI=1S/C43H45N3O6S2/c1-3-24-44-26-20-42(21-27-44,53-38-14-8-12-36(30-38)51-34-10-6-5-7-11-34)40(47)46(50)32-33-16-18-35(19-17-33)52-37-13-9-15-39(31-37)54-43(41(48)49)22-28-45(25-4-2)29-23-43/h1,4-19,30-31,50H,2,20-29,32H2,(H,48,49). The molecule has 0 atom stereocenters. The Bertz CT molecular complexity index is 1930. The highest BCUT2D eigenvalue weighted by molar-refractivity contribution is 8.01. The molecule has 0 radical (unpaired) electrons. The Kier molecular flexibility index (Phi) is 13.1. The van der Waals surface area contributed by atoms with Gasteiger partial charge in [-0.25, -0.2) is 5.06 Å². The lowest BCUT2D eigenvalue weighted by molar-refractivity contribution is -0.172. The summed E-state index contributed by atoms with van der Waals surface area (Å²) < 4.78 is 10.4. The lowest BCUT2D eigenvalue weighted by Gasteiger charge is -2.41. The van der Waals surface area contributed by atoms with Crippen LogP contribution in [0.25, 0.3) is 0 Å². The molecule has 280 valence electrons. The zero-order valence-corrected chi connectivity index (χ0v) is 31.8. The van der Waals surface area contributed by atoms with Gasteiger partial charge in [-0.2, -0.15) is 0 Å². The monoisotopic (exact) mass is 763 g/mol. The van der Waals surface area contributed by atoms with Gasteiger partial charge in [0.1, 0.15) is 32.5 Å². The minimum atomic E-state index is -0.904. The number of carbonyl (C=O) groups is 2. The van der Waals surface area contributed by atoms with E-state index >= 15 is 0 Å². The average molecular weight is 764 g/mol. The van der Waals surface area contributed by atoms with E-state index in [1.807, 2.05) is 97.1 Å². The first kappa shape index (κ1) is 39.0. The summed E-state index contributed by atoms with van der Waals surface area (Å²) in [5.74, 6) is 4.09. The van der Waals surface area contributed by atoms with Crippen molar-refractivity contribution in [2.75, 3.05) is 39.3 Å². The number of carboxylic acids is 1. The van der Waals surface area contributed by atoms with Gasteiger partial charge in [0, 0.05) is 42.5 Å². The van der Waals surface area contributed by atoms with Gasteiger partial charge in [0.25, 0.3) is 5.91 Å². The maximum Gasteiger partial charge on any atom is 0.320 e. The van der Waals surface area contributed by atoms with Crippen LogP contribution in [-0.4, -0.2) is 85.8 Å². The van der Waals surface area contributed by atoms with Crippen LogP contribution in [0.4, 0.5) is 0 Å². The number of benzene rings is 4. The van der Waals surface area contributed by atoms with Gasteiger partial charge in [0.15, 0.2) is 0 Å². The van der Waals surface area contributed by atoms with E-state index in [1.165, 1.54) is 23.5 Å². The third-order valence-electron chi connectivity index (χ3n) is 9.75. The smallest absolute Gasteiger partial charge is 0.320 e. The molecule has 4 aromatic rings. The summed E-state index contributed by atoms with van der Waals surface area (Å²) in [6.07, 6.45) is 9.55. The number of hydroxylamine groups is 2. The molecule has 1 amide bonds. The van der Waals surface area contributed by atoms with Crippen molar-refractivity contribution in [2.24, 2.45) is 0 Å².